The Balaban J connectivity index is 1.62. The Bertz CT molecular complexity index is 848. The summed E-state index contributed by atoms with van der Waals surface area (Å²) < 4.78 is 27.5. The third kappa shape index (κ3) is 4.46. The molecule has 2 atom stereocenters. The maximum Gasteiger partial charge on any atom is 0.324 e. The molecule has 29 heavy (non-hydrogen) atoms. The molecule has 160 valence electrons. The Kier molecular flexibility index (Phi) is 6.60. The SMILES string of the molecule is CC[C@H](C)c1ccc(S(=O)(=O)N2CC[NH+]([C@H](C)C(=O)N3CCNC3=O)CC2)cc1. The monoisotopic (exact) mass is 423 g/mol. The molecule has 1 aromatic rings. The molecule has 3 rings (SSSR count). The highest BCUT2D eigenvalue weighted by Crippen LogP contribution is 2.22. The predicted octanol–water partition coefficient (Wildman–Crippen LogP) is 0.0296. The largest absolute Gasteiger partial charge is 0.336 e. The molecule has 0 saturated carbocycles. The second kappa shape index (κ2) is 8.81. The lowest BCUT2D eigenvalue weighted by Gasteiger charge is -2.34. The summed E-state index contributed by atoms with van der Waals surface area (Å²) in [7, 11) is -3.54. The Morgan fingerprint density at radius 2 is 1.76 bits per heavy atom. The molecule has 2 N–H and O–H groups in total. The van der Waals surface area contributed by atoms with Crippen molar-refractivity contribution in [3.63, 3.8) is 0 Å². The van der Waals surface area contributed by atoms with Gasteiger partial charge in [-0.1, -0.05) is 26.0 Å². The first-order valence-corrected chi connectivity index (χ1v) is 11.7. The number of nitrogens with one attached hydrogen (secondary N) is 2. The molecule has 0 bridgehead atoms. The third-order valence-corrected chi connectivity index (χ3v) is 8.08. The van der Waals surface area contributed by atoms with Crippen LogP contribution >= 0.6 is 0 Å². The number of imide groups is 1. The number of carbonyl (C=O) groups is 2. The Labute approximate surface area is 172 Å². The molecular weight excluding hydrogens is 392 g/mol. The Hall–Kier alpha value is -1.97. The number of hydrogen-bond acceptors (Lipinski definition) is 4. The minimum atomic E-state index is -3.54. The lowest BCUT2D eigenvalue weighted by atomic mass is 9.99. The molecule has 9 heteroatoms. The number of amides is 3. The van der Waals surface area contributed by atoms with Gasteiger partial charge in [0, 0.05) is 13.1 Å². The topological polar surface area (TPSA) is 91.2 Å². The zero-order chi connectivity index (χ0) is 21.2. The summed E-state index contributed by atoms with van der Waals surface area (Å²) in [5, 5.41) is 2.64. The molecule has 2 saturated heterocycles. The van der Waals surface area contributed by atoms with Gasteiger partial charge in [-0.15, -0.1) is 0 Å². The van der Waals surface area contributed by atoms with Crippen LogP contribution < -0.4 is 10.2 Å². The number of piperazine rings is 1. The summed E-state index contributed by atoms with van der Waals surface area (Å²) >= 11 is 0. The lowest BCUT2D eigenvalue weighted by molar-refractivity contribution is -0.917. The number of nitrogens with zero attached hydrogens (tertiary/aromatic N) is 2. The molecule has 0 unspecified atom stereocenters. The molecule has 8 nitrogen and oxygen atoms in total. The fourth-order valence-corrected chi connectivity index (χ4v) is 5.33. The molecular formula is C20H31N4O4S+. The average molecular weight is 424 g/mol. The maximum atomic E-state index is 13.0. The zero-order valence-electron chi connectivity index (χ0n) is 17.3. The van der Waals surface area contributed by atoms with E-state index in [0.29, 0.717) is 50.1 Å². The highest BCUT2D eigenvalue weighted by atomic mass is 32.2. The van der Waals surface area contributed by atoms with Crippen LogP contribution in [0.2, 0.25) is 0 Å². The second-order valence-corrected chi connectivity index (χ2v) is 9.82. The normalized spacial score (nSPS) is 21.1. The van der Waals surface area contributed by atoms with Crippen molar-refractivity contribution >= 4 is 22.0 Å². The third-order valence-electron chi connectivity index (χ3n) is 6.17. The van der Waals surface area contributed by atoms with E-state index in [1.54, 1.807) is 19.1 Å². The van der Waals surface area contributed by atoms with Crippen molar-refractivity contribution in [2.45, 2.75) is 44.0 Å². The van der Waals surface area contributed by atoms with E-state index in [4.69, 9.17) is 0 Å². The molecule has 2 aliphatic heterocycles. The smallest absolute Gasteiger partial charge is 0.324 e. The summed E-state index contributed by atoms with van der Waals surface area (Å²) in [6.45, 7) is 8.69. The van der Waals surface area contributed by atoms with Crippen molar-refractivity contribution in [1.82, 2.24) is 14.5 Å². The number of rotatable bonds is 6. The summed E-state index contributed by atoms with van der Waals surface area (Å²) in [4.78, 5) is 26.9. The minimum absolute atomic E-state index is 0.202. The van der Waals surface area contributed by atoms with Crippen LogP contribution in [0.4, 0.5) is 4.79 Å². The zero-order valence-corrected chi connectivity index (χ0v) is 18.2. The average Bonchev–Trinajstić information content (AvgIpc) is 3.18. The molecule has 2 aliphatic rings. The van der Waals surface area contributed by atoms with E-state index in [0.717, 1.165) is 16.9 Å². The molecule has 1 aromatic carbocycles. The molecule has 0 spiro atoms. The van der Waals surface area contributed by atoms with Crippen LogP contribution in [0.15, 0.2) is 29.2 Å². The molecule has 0 aromatic heterocycles. The van der Waals surface area contributed by atoms with E-state index in [1.807, 2.05) is 12.1 Å². The quantitative estimate of drug-likeness (QED) is 0.675. The van der Waals surface area contributed by atoms with Crippen molar-refractivity contribution in [3.8, 4) is 0 Å². The number of urea groups is 1. The van der Waals surface area contributed by atoms with Gasteiger partial charge in [-0.2, -0.15) is 4.31 Å². The van der Waals surface area contributed by atoms with Crippen LogP contribution in [0, 0.1) is 0 Å². The highest BCUT2D eigenvalue weighted by molar-refractivity contribution is 7.89. The van der Waals surface area contributed by atoms with E-state index in [2.05, 4.69) is 19.2 Å². The van der Waals surface area contributed by atoms with E-state index in [1.165, 1.54) is 9.21 Å². The number of hydrogen-bond donors (Lipinski definition) is 2. The van der Waals surface area contributed by atoms with Crippen molar-refractivity contribution in [1.29, 1.82) is 0 Å². The van der Waals surface area contributed by atoms with Crippen molar-refractivity contribution in [2.24, 2.45) is 0 Å². The van der Waals surface area contributed by atoms with Gasteiger partial charge in [-0.3, -0.25) is 9.69 Å². The number of benzene rings is 1. The molecule has 0 radical (unpaired) electrons. The van der Waals surface area contributed by atoms with Crippen LogP contribution in [0.5, 0.6) is 0 Å². The van der Waals surface area contributed by atoms with Crippen LogP contribution in [0.1, 0.15) is 38.7 Å². The van der Waals surface area contributed by atoms with Gasteiger partial charge in [0.05, 0.1) is 31.1 Å². The first kappa shape index (κ1) is 21.7. The summed E-state index contributed by atoms with van der Waals surface area (Å²) in [6, 6.07) is 6.44. The highest BCUT2D eigenvalue weighted by Gasteiger charge is 2.38. The van der Waals surface area contributed by atoms with Crippen LogP contribution in [0.3, 0.4) is 0 Å². The molecule has 2 heterocycles. The Morgan fingerprint density at radius 3 is 2.28 bits per heavy atom. The van der Waals surface area contributed by atoms with Crippen LogP contribution in [-0.2, 0) is 14.8 Å². The van der Waals surface area contributed by atoms with Crippen molar-refractivity contribution in [3.05, 3.63) is 29.8 Å². The number of quaternary nitrogens is 1. The minimum Gasteiger partial charge on any atom is -0.336 e. The van der Waals surface area contributed by atoms with Gasteiger partial charge in [-0.05, 0) is 37.0 Å². The van der Waals surface area contributed by atoms with Crippen molar-refractivity contribution < 1.29 is 22.9 Å². The summed E-state index contributed by atoms with van der Waals surface area (Å²) in [5.74, 6) is 0.197. The number of sulfonamides is 1. The van der Waals surface area contributed by atoms with Gasteiger partial charge in [0.25, 0.3) is 5.91 Å². The van der Waals surface area contributed by atoms with Gasteiger partial charge >= 0.3 is 6.03 Å². The summed E-state index contributed by atoms with van der Waals surface area (Å²) in [5.41, 5.74) is 1.14. The fourth-order valence-electron chi connectivity index (χ4n) is 3.89. The van der Waals surface area contributed by atoms with E-state index in [-0.39, 0.29) is 18.0 Å². The Morgan fingerprint density at radius 1 is 1.14 bits per heavy atom. The van der Waals surface area contributed by atoms with Gasteiger partial charge in [0.2, 0.25) is 10.0 Å². The van der Waals surface area contributed by atoms with Gasteiger partial charge in [0.15, 0.2) is 6.04 Å². The van der Waals surface area contributed by atoms with E-state index >= 15 is 0 Å². The maximum absolute atomic E-state index is 13.0. The lowest BCUT2D eigenvalue weighted by Crippen LogP contribution is -3.19. The standard InChI is InChI=1S/C20H30N4O4S/c1-4-15(2)17-5-7-18(8-6-17)29(27,28)23-13-11-22(12-14-23)16(3)19(25)24-10-9-21-20(24)26/h5-8,15-16H,4,9-14H2,1-3H3,(H,21,26)/p+1/t15-,16+/m0/s1. The van der Waals surface area contributed by atoms with Crippen LogP contribution in [-0.4, -0.2) is 74.9 Å². The first-order chi connectivity index (χ1) is 13.8. The van der Waals surface area contributed by atoms with Gasteiger partial charge in [0.1, 0.15) is 0 Å². The van der Waals surface area contributed by atoms with Crippen LogP contribution in [0.25, 0.3) is 0 Å². The summed E-state index contributed by atoms with van der Waals surface area (Å²) in [6.07, 6.45) is 1.01. The van der Waals surface area contributed by atoms with E-state index in [9.17, 15) is 18.0 Å². The van der Waals surface area contributed by atoms with Crippen molar-refractivity contribution in [2.75, 3.05) is 39.3 Å². The molecule has 2 fully saturated rings. The first-order valence-electron chi connectivity index (χ1n) is 10.3. The van der Waals surface area contributed by atoms with Gasteiger partial charge in [-0.25, -0.2) is 13.2 Å². The second-order valence-electron chi connectivity index (χ2n) is 7.88. The fraction of sp³-hybridized carbons (Fsp3) is 0.600. The molecule has 0 aliphatic carbocycles. The van der Waals surface area contributed by atoms with E-state index < -0.39 is 10.0 Å². The predicted molar refractivity (Wildman–Crippen MR) is 109 cm³/mol. The number of carbonyl (C=O) groups excluding carboxylic acids is 2. The van der Waals surface area contributed by atoms with Gasteiger partial charge < -0.3 is 10.2 Å². The molecule has 3 amide bonds.